The fraction of sp³-hybridized carbons (Fsp3) is 0.385. The summed E-state index contributed by atoms with van der Waals surface area (Å²) in [6.45, 7) is 4.38. The zero-order valence-corrected chi connectivity index (χ0v) is 10.6. The summed E-state index contributed by atoms with van der Waals surface area (Å²) in [6, 6.07) is 6.34. The number of benzene rings is 1. The van der Waals surface area contributed by atoms with E-state index in [1.807, 2.05) is 6.07 Å². The molecule has 0 fully saturated rings. The average molecular weight is 245 g/mol. The molecule has 0 unspecified atom stereocenters. The minimum atomic E-state index is -0.0265. The highest BCUT2D eigenvalue weighted by Gasteiger charge is 2.14. The minimum absolute atomic E-state index is 0.0265. The Hall–Kier alpha value is -2.04. The van der Waals surface area contributed by atoms with Crippen molar-refractivity contribution in [2.75, 3.05) is 18.0 Å². The van der Waals surface area contributed by atoms with Crippen LogP contribution in [0.25, 0.3) is 0 Å². The summed E-state index contributed by atoms with van der Waals surface area (Å²) in [5.41, 5.74) is 14.2. The van der Waals surface area contributed by atoms with Gasteiger partial charge in [0, 0.05) is 18.8 Å². The summed E-state index contributed by atoms with van der Waals surface area (Å²) >= 11 is 0. The standard InChI is InChI=1S/C13H19N5/c1-2-18-7-3-4-11-8-10(5-6-12(11)18)9-16-17-13(14)15/h5-6,8-9H,2-4,7H2,1H3,(H4,14,15,17). The van der Waals surface area contributed by atoms with Crippen LogP contribution < -0.4 is 16.4 Å². The van der Waals surface area contributed by atoms with Crippen LogP contribution in [0.3, 0.4) is 0 Å². The van der Waals surface area contributed by atoms with E-state index in [4.69, 9.17) is 11.5 Å². The molecule has 96 valence electrons. The van der Waals surface area contributed by atoms with Gasteiger partial charge in [0.1, 0.15) is 0 Å². The molecule has 0 spiro atoms. The molecule has 0 amide bonds. The van der Waals surface area contributed by atoms with E-state index in [2.05, 4.69) is 34.2 Å². The summed E-state index contributed by atoms with van der Waals surface area (Å²) in [4.78, 5) is 2.40. The largest absolute Gasteiger partial charge is 0.372 e. The molecule has 1 aromatic rings. The van der Waals surface area contributed by atoms with Crippen molar-refractivity contribution in [1.82, 2.24) is 0 Å². The Balaban J connectivity index is 2.22. The maximum atomic E-state index is 5.21. The van der Waals surface area contributed by atoms with Gasteiger partial charge in [-0.05, 0) is 43.0 Å². The van der Waals surface area contributed by atoms with Crippen LogP contribution >= 0.6 is 0 Å². The predicted molar refractivity (Wildman–Crippen MR) is 76.1 cm³/mol. The van der Waals surface area contributed by atoms with E-state index < -0.39 is 0 Å². The van der Waals surface area contributed by atoms with Gasteiger partial charge >= 0.3 is 0 Å². The van der Waals surface area contributed by atoms with E-state index in [0.29, 0.717) is 0 Å². The third-order valence-corrected chi connectivity index (χ3v) is 3.08. The molecule has 0 atom stereocenters. The molecule has 0 radical (unpaired) electrons. The van der Waals surface area contributed by atoms with Gasteiger partial charge < -0.3 is 16.4 Å². The van der Waals surface area contributed by atoms with Gasteiger partial charge in [-0.15, -0.1) is 5.10 Å². The van der Waals surface area contributed by atoms with Gasteiger partial charge in [-0.1, -0.05) is 6.07 Å². The predicted octanol–water partition coefficient (Wildman–Crippen LogP) is 1.07. The van der Waals surface area contributed by atoms with Crippen LogP contribution in [0, 0.1) is 0 Å². The van der Waals surface area contributed by atoms with Crippen LogP contribution in [0.4, 0.5) is 5.69 Å². The van der Waals surface area contributed by atoms with Crippen molar-refractivity contribution >= 4 is 17.9 Å². The SMILES string of the molecule is CCN1CCCc2cc(C=NN=C(N)N)ccc21. The van der Waals surface area contributed by atoms with Gasteiger partial charge in [-0.25, -0.2) is 0 Å². The normalized spacial score (nSPS) is 14.6. The molecule has 1 aromatic carbocycles. The lowest BCUT2D eigenvalue weighted by Crippen LogP contribution is -2.28. The van der Waals surface area contributed by atoms with E-state index in [0.717, 1.165) is 25.1 Å². The van der Waals surface area contributed by atoms with Gasteiger partial charge in [0.2, 0.25) is 5.96 Å². The third kappa shape index (κ3) is 2.80. The van der Waals surface area contributed by atoms with Crippen molar-refractivity contribution < 1.29 is 0 Å². The van der Waals surface area contributed by atoms with Crippen molar-refractivity contribution in [2.45, 2.75) is 19.8 Å². The molecule has 5 nitrogen and oxygen atoms in total. The number of nitrogens with two attached hydrogens (primary N) is 2. The second-order valence-corrected chi connectivity index (χ2v) is 4.34. The number of hydrogen-bond acceptors (Lipinski definition) is 3. The van der Waals surface area contributed by atoms with Gasteiger partial charge in [-0.2, -0.15) is 5.10 Å². The van der Waals surface area contributed by atoms with Crippen LogP contribution in [0.2, 0.25) is 0 Å². The van der Waals surface area contributed by atoms with Gasteiger partial charge in [-0.3, -0.25) is 0 Å². The molecular formula is C13H19N5. The van der Waals surface area contributed by atoms with Crippen LogP contribution in [-0.4, -0.2) is 25.3 Å². The number of aryl methyl sites for hydroxylation is 1. The summed E-state index contributed by atoms with van der Waals surface area (Å²) in [7, 11) is 0. The Morgan fingerprint density at radius 3 is 3.00 bits per heavy atom. The third-order valence-electron chi connectivity index (χ3n) is 3.08. The molecule has 18 heavy (non-hydrogen) atoms. The topological polar surface area (TPSA) is 80.0 Å². The van der Waals surface area contributed by atoms with E-state index in [1.54, 1.807) is 6.21 Å². The summed E-state index contributed by atoms with van der Waals surface area (Å²) in [6.07, 6.45) is 4.00. The Morgan fingerprint density at radius 2 is 2.28 bits per heavy atom. The van der Waals surface area contributed by atoms with Crippen molar-refractivity contribution in [3.8, 4) is 0 Å². The zero-order chi connectivity index (χ0) is 13.0. The molecule has 1 aliphatic rings. The number of anilines is 1. The van der Waals surface area contributed by atoms with E-state index in [9.17, 15) is 0 Å². The van der Waals surface area contributed by atoms with Gasteiger partial charge in [0.05, 0.1) is 6.21 Å². The van der Waals surface area contributed by atoms with E-state index >= 15 is 0 Å². The molecule has 0 aliphatic carbocycles. The first-order valence-corrected chi connectivity index (χ1v) is 6.20. The van der Waals surface area contributed by atoms with Gasteiger partial charge in [0.25, 0.3) is 0 Å². The molecule has 1 heterocycles. The maximum absolute atomic E-state index is 5.21. The van der Waals surface area contributed by atoms with E-state index in [1.165, 1.54) is 17.7 Å². The Morgan fingerprint density at radius 1 is 1.44 bits per heavy atom. The summed E-state index contributed by atoms with van der Waals surface area (Å²) in [5, 5.41) is 7.42. The fourth-order valence-corrected chi connectivity index (χ4v) is 2.27. The summed E-state index contributed by atoms with van der Waals surface area (Å²) < 4.78 is 0. The number of hydrogen-bond donors (Lipinski definition) is 2. The lowest BCUT2D eigenvalue weighted by Gasteiger charge is -2.30. The van der Waals surface area contributed by atoms with Crippen molar-refractivity contribution in [1.29, 1.82) is 0 Å². The molecule has 0 aromatic heterocycles. The number of guanidine groups is 1. The van der Waals surface area contributed by atoms with Gasteiger partial charge in [0.15, 0.2) is 0 Å². The molecule has 0 saturated heterocycles. The monoisotopic (exact) mass is 245 g/mol. The molecule has 5 heteroatoms. The van der Waals surface area contributed by atoms with E-state index in [-0.39, 0.29) is 5.96 Å². The number of nitrogens with zero attached hydrogens (tertiary/aromatic N) is 3. The lowest BCUT2D eigenvalue weighted by atomic mass is 9.99. The molecule has 2 rings (SSSR count). The summed E-state index contributed by atoms with van der Waals surface area (Å²) in [5.74, 6) is -0.0265. The molecule has 0 bridgehead atoms. The second-order valence-electron chi connectivity index (χ2n) is 4.34. The first-order chi connectivity index (χ1) is 8.70. The minimum Gasteiger partial charge on any atom is -0.372 e. The average Bonchev–Trinajstić information content (AvgIpc) is 2.37. The quantitative estimate of drug-likeness (QED) is 0.475. The molecule has 0 saturated carbocycles. The van der Waals surface area contributed by atoms with Crippen molar-refractivity contribution in [3.63, 3.8) is 0 Å². The van der Waals surface area contributed by atoms with Crippen LogP contribution in [0.1, 0.15) is 24.5 Å². The van der Waals surface area contributed by atoms with Crippen LogP contribution in [0.15, 0.2) is 28.4 Å². The first-order valence-electron chi connectivity index (χ1n) is 6.20. The number of rotatable bonds is 3. The highest BCUT2D eigenvalue weighted by Crippen LogP contribution is 2.27. The molecule has 1 aliphatic heterocycles. The van der Waals surface area contributed by atoms with Crippen molar-refractivity contribution in [2.24, 2.45) is 21.7 Å². The Bertz CT molecular complexity index is 474. The fourth-order valence-electron chi connectivity index (χ4n) is 2.27. The van der Waals surface area contributed by atoms with Crippen LogP contribution in [0.5, 0.6) is 0 Å². The van der Waals surface area contributed by atoms with Crippen molar-refractivity contribution in [3.05, 3.63) is 29.3 Å². The Labute approximate surface area is 107 Å². The highest BCUT2D eigenvalue weighted by molar-refractivity contribution is 5.82. The smallest absolute Gasteiger partial charge is 0.211 e. The first kappa shape index (κ1) is 12.4. The molecule has 4 N–H and O–H groups in total. The second kappa shape index (κ2) is 5.53. The lowest BCUT2D eigenvalue weighted by molar-refractivity contribution is 0.708. The Kier molecular flexibility index (Phi) is 3.82. The molecular weight excluding hydrogens is 226 g/mol. The van der Waals surface area contributed by atoms with Crippen LogP contribution in [-0.2, 0) is 6.42 Å². The highest BCUT2D eigenvalue weighted by atomic mass is 15.3. The zero-order valence-electron chi connectivity index (χ0n) is 10.6. The number of fused-ring (bicyclic) bond motifs is 1. The maximum Gasteiger partial charge on any atom is 0.211 e.